The van der Waals surface area contributed by atoms with Crippen molar-refractivity contribution < 1.29 is 26.4 Å². The van der Waals surface area contributed by atoms with Crippen LogP contribution in [0.5, 0.6) is 0 Å². The van der Waals surface area contributed by atoms with Gasteiger partial charge in [-0.1, -0.05) is 0 Å². The maximum atomic E-state index is 13.2. The van der Waals surface area contributed by atoms with E-state index in [1.807, 2.05) is 0 Å². The van der Waals surface area contributed by atoms with Gasteiger partial charge in [-0.3, -0.25) is 9.69 Å². The molecule has 2 saturated heterocycles. The molecule has 2 N–H and O–H groups in total. The molecule has 0 aromatic rings. The zero-order chi connectivity index (χ0) is 17.8. The Balaban J connectivity index is 0.00000312. The van der Waals surface area contributed by atoms with E-state index in [1.165, 1.54) is 9.21 Å². The number of halogens is 4. The Labute approximate surface area is 151 Å². The third-order valence-electron chi connectivity index (χ3n) is 4.25. The molecular weight excluding hydrogens is 385 g/mol. The lowest BCUT2D eigenvalue weighted by Crippen LogP contribution is -2.57. The fourth-order valence-corrected chi connectivity index (χ4v) is 4.44. The van der Waals surface area contributed by atoms with Crippen LogP contribution in [0.2, 0.25) is 0 Å². The minimum absolute atomic E-state index is 0. The average Bonchev–Trinajstić information content (AvgIpc) is 2.83. The maximum Gasteiger partial charge on any atom is 0.405 e. The van der Waals surface area contributed by atoms with Gasteiger partial charge in [-0.15, -0.1) is 12.4 Å². The number of nitrogens with one attached hydrogen (secondary N) is 2. The number of carbonyl (C=O) groups is 1. The van der Waals surface area contributed by atoms with Crippen molar-refractivity contribution in [3.8, 4) is 0 Å². The van der Waals surface area contributed by atoms with Crippen LogP contribution in [0.4, 0.5) is 13.2 Å². The molecule has 7 nitrogen and oxygen atoms in total. The molecule has 2 rings (SSSR count). The van der Waals surface area contributed by atoms with Crippen molar-refractivity contribution in [3.05, 3.63) is 0 Å². The minimum Gasteiger partial charge on any atom is -0.354 e. The van der Waals surface area contributed by atoms with Gasteiger partial charge < -0.3 is 10.6 Å². The predicted octanol–water partition coefficient (Wildman–Crippen LogP) is -0.214. The number of sulfonamides is 1. The van der Waals surface area contributed by atoms with E-state index in [9.17, 15) is 26.4 Å². The van der Waals surface area contributed by atoms with Gasteiger partial charge in [0.05, 0.1) is 5.75 Å². The highest BCUT2D eigenvalue weighted by Crippen LogP contribution is 2.24. The molecule has 0 bridgehead atoms. The Morgan fingerprint density at radius 1 is 1.20 bits per heavy atom. The van der Waals surface area contributed by atoms with E-state index in [1.54, 1.807) is 0 Å². The number of carbonyl (C=O) groups excluding carboxylic acids is 1. The first-order valence-electron chi connectivity index (χ1n) is 7.96. The van der Waals surface area contributed by atoms with Crippen LogP contribution >= 0.6 is 12.4 Å². The van der Waals surface area contributed by atoms with Crippen molar-refractivity contribution in [3.63, 3.8) is 0 Å². The number of nitrogens with zero attached hydrogens (tertiary/aromatic N) is 2. The van der Waals surface area contributed by atoms with Gasteiger partial charge in [0.2, 0.25) is 15.9 Å². The number of alkyl halides is 3. The van der Waals surface area contributed by atoms with Crippen LogP contribution in [-0.2, 0) is 14.8 Å². The average molecular weight is 409 g/mol. The fourth-order valence-electron chi connectivity index (χ4n) is 2.91. The monoisotopic (exact) mass is 408 g/mol. The summed E-state index contributed by atoms with van der Waals surface area (Å²) in [7, 11) is -3.30. The molecule has 12 heteroatoms. The molecule has 25 heavy (non-hydrogen) atoms. The second-order valence-electron chi connectivity index (χ2n) is 5.97. The highest BCUT2D eigenvalue weighted by Gasteiger charge is 2.43. The van der Waals surface area contributed by atoms with E-state index in [-0.39, 0.29) is 44.2 Å². The SMILES string of the molecule is Cl.O=C(CCN1CCCS1(=O)=O)NCC(N1CCNCC1)C(F)(F)F. The Hall–Kier alpha value is -0.620. The topological polar surface area (TPSA) is 81.8 Å². The smallest absolute Gasteiger partial charge is 0.354 e. The normalized spacial score (nSPS) is 23.0. The number of hydrogen-bond donors (Lipinski definition) is 2. The van der Waals surface area contributed by atoms with Gasteiger partial charge in [0.1, 0.15) is 6.04 Å². The standard InChI is InChI=1S/C13H23F3N4O3S.ClH/c14-13(15,16)11(19-7-3-17-4-8-19)10-18-12(21)2-6-20-5-1-9-24(20,22)23;/h11,17H,1-10H2,(H,18,21);1H. The van der Waals surface area contributed by atoms with Crippen molar-refractivity contribution in [2.75, 3.05) is 51.6 Å². The molecule has 2 aliphatic rings. The van der Waals surface area contributed by atoms with E-state index in [2.05, 4.69) is 10.6 Å². The van der Waals surface area contributed by atoms with Gasteiger partial charge in [-0.2, -0.15) is 13.2 Å². The zero-order valence-electron chi connectivity index (χ0n) is 13.7. The molecule has 0 radical (unpaired) electrons. The first-order chi connectivity index (χ1) is 11.2. The highest BCUT2D eigenvalue weighted by molar-refractivity contribution is 7.89. The van der Waals surface area contributed by atoms with Crippen LogP contribution in [0.25, 0.3) is 0 Å². The van der Waals surface area contributed by atoms with Gasteiger partial charge in [-0.25, -0.2) is 12.7 Å². The summed E-state index contributed by atoms with van der Waals surface area (Å²) in [5, 5.41) is 5.28. The summed E-state index contributed by atoms with van der Waals surface area (Å²) in [5.74, 6) is -0.505. The van der Waals surface area contributed by atoms with Gasteiger partial charge in [-0.05, 0) is 6.42 Å². The van der Waals surface area contributed by atoms with Crippen molar-refractivity contribution >= 4 is 28.3 Å². The second kappa shape index (κ2) is 9.36. The summed E-state index contributed by atoms with van der Waals surface area (Å²) in [4.78, 5) is 13.1. The highest BCUT2D eigenvalue weighted by atomic mass is 35.5. The number of hydrogen-bond acceptors (Lipinski definition) is 5. The zero-order valence-corrected chi connectivity index (χ0v) is 15.4. The second-order valence-corrected chi connectivity index (χ2v) is 8.05. The summed E-state index contributed by atoms with van der Waals surface area (Å²) < 4.78 is 64.0. The molecule has 0 aromatic carbocycles. The summed E-state index contributed by atoms with van der Waals surface area (Å²) in [5.41, 5.74) is 0. The lowest BCUT2D eigenvalue weighted by atomic mass is 10.2. The molecule has 1 unspecified atom stereocenters. The van der Waals surface area contributed by atoms with Crippen molar-refractivity contribution in [1.29, 1.82) is 0 Å². The summed E-state index contributed by atoms with van der Waals surface area (Å²) in [6, 6.07) is -1.72. The molecule has 1 amide bonds. The third kappa shape index (κ3) is 6.55. The van der Waals surface area contributed by atoms with Gasteiger partial charge in [0.25, 0.3) is 0 Å². The van der Waals surface area contributed by atoms with Crippen LogP contribution in [0.3, 0.4) is 0 Å². The number of rotatable bonds is 6. The molecule has 1 atom stereocenters. The van der Waals surface area contributed by atoms with Crippen LogP contribution in [0, 0.1) is 0 Å². The molecule has 0 aromatic heterocycles. The van der Waals surface area contributed by atoms with E-state index in [4.69, 9.17) is 0 Å². The van der Waals surface area contributed by atoms with Crippen LogP contribution < -0.4 is 10.6 Å². The Kier molecular flexibility index (Phi) is 8.39. The van der Waals surface area contributed by atoms with Gasteiger partial charge in [0.15, 0.2) is 0 Å². The summed E-state index contributed by atoms with van der Waals surface area (Å²) in [6.07, 6.45) is -4.04. The van der Waals surface area contributed by atoms with Crippen molar-refractivity contribution in [1.82, 2.24) is 19.8 Å². The number of amides is 1. The van der Waals surface area contributed by atoms with E-state index in [0.29, 0.717) is 26.1 Å². The van der Waals surface area contributed by atoms with E-state index in [0.717, 1.165) is 0 Å². The molecule has 2 aliphatic heterocycles. The maximum absolute atomic E-state index is 13.2. The van der Waals surface area contributed by atoms with E-state index >= 15 is 0 Å². The lowest BCUT2D eigenvalue weighted by Gasteiger charge is -2.35. The third-order valence-corrected chi connectivity index (χ3v) is 6.21. The molecule has 0 spiro atoms. The number of piperazine rings is 1. The Bertz CT molecular complexity index is 541. The minimum atomic E-state index is -4.43. The largest absolute Gasteiger partial charge is 0.405 e. The van der Waals surface area contributed by atoms with Gasteiger partial charge >= 0.3 is 6.18 Å². The van der Waals surface area contributed by atoms with Crippen LogP contribution in [0.1, 0.15) is 12.8 Å². The van der Waals surface area contributed by atoms with E-state index < -0.39 is 34.7 Å². The van der Waals surface area contributed by atoms with Crippen molar-refractivity contribution in [2.45, 2.75) is 25.1 Å². The summed E-state index contributed by atoms with van der Waals surface area (Å²) >= 11 is 0. The molecule has 2 heterocycles. The Morgan fingerprint density at radius 3 is 2.36 bits per heavy atom. The molecule has 2 fully saturated rings. The quantitative estimate of drug-likeness (QED) is 0.635. The Morgan fingerprint density at radius 2 is 1.84 bits per heavy atom. The van der Waals surface area contributed by atoms with Crippen LogP contribution in [-0.4, -0.2) is 87.3 Å². The molecule has 148 valence electrons. The lowest BCUT2D eigenvalue weighted by molar-refractivity contribution is -0.184. The summed E-state index contributed by atoms with van der Waals surface area (Å²) in [6.45, 7) is 1.36. The van der Waals surface area contributed by atoms with Crippen LogP contribution in [0.15, 0.2) is 0 Å². The predicted molar refractivity (Wildman–Crippen MR) is 89.1 cm³/mol. The first-order valence-corrected chi connectivity index (χ1v) is 9.57. The fraction of sp³-hybridized carbons (Fsp3) is 0.923. The molecular formula is C13H24ClF3N4O3S. The van der Waals surface area contributed by atoms with Gasteiger partial charge in [0, 0.05) is 52.2 Å². The first kappa shape index (κ1) is 22.4. The molecule has 0 saturated carbocycles. The molecule has 0 aliphatic carbocycles. The van der Waals surface area contributed by atoms with Crippen molar-refractivity contribution in [2.24, 2.45) is 0 Å².